The van der Waals surface area contributed by atoms with Crippen LogP contribution in [0.4, 0.5) is 13.2 Å². The van der Waals surface area contributed by atoms with Gasteiger partial charge in [0.2, 0.25) is 10.0 Å². The molecule has 1 N–H and O–H groups in total. The van der Waals surface area contributed by atoms with E-state index in [4.69, 9.17) is 0 Å². The fourth-order valence-electron chi connectivity index (χ4n) is 4.00. The van der Waals surface area contributed by atoms with E-state index in [1.807, 2.05) is 0 Å². The zero-order valence-electron chi connectivity index (χ0n) is 14.5. The van der Waals surface area contributed by atoms with Gasteiger partial charge in [-0.1, -0.05) is 18.2 Å². The first kappa shape index (κ1) is 19.4. The minimum Gasteiger partial charge on any atom is -0.333 e. The van der Waals surface area contributed by atoms with Crippen molar-refractivity contribution < 1.29 is 26.4 Å². The smallest absolute Gasteiger partial charge is 0.333 e. The first-order valence-corrected chi connectivity index (χ1v) is 11.0. The minimum atomic E-state index is -4.49. The zero-order valence-corrected chi connectivity index (χ0v) is 16.2. The molecule has 2 aromatic rings. The number of amides is 1. The van der Waals surface area contributed by atoms with Crippen LogP contribution in [0.25, 0.3) is 0 Å². The average Bonchev–Trinajstić information content (AvgIpc) is 3.36. The number of benzene rings is 1. The number of sulfonamides is 1. The van der Waals surface area contributed by atoms with Crippen LogP contribution >= 0.6 is 11.3 Å². The van der Waals surface area contributed by atoms with Crippen molar-refractivity contribution in [1.82, 2.24) is 9.62 Å². The van der Waals surface area contributed by atoms with E-state index in [0.29, 0.717) is 30.7 Å². The van der Waals surface area contributed by atoms with Crippen LogP contribution in [0.15, 0.2) is 47.4 Å². The average molecular weight is 430 g/mol. The van der Waals surface area contributed by atoms with Crippen molar-refractivity contribution in [3.8, 4) is 0 Å². The molecule has 2 heterocycles. The lowest BCUT2D eigenvalue weighted by Crippen LogP contribution is -2.51. The third-order valence-electron chi connectivity index (χ3n) is 5.20. The lowest BCUT2D eigenvalue weighted by molar-refractivity contribution is -0.134. The summed E-state index contributed by atoms with van der Waals surface area (Å²) < 4.78 is 66.3. The van der Waals surface area contributed by atoms with Crippen molar-refractivity contribution in [2.75, 3.05) is 6.54 Å². The van der Waals surface area contributed by atoms with E-state index in [1.165, 1.54) is 23.1 Å². The molecular formula is C18H17F3N2O3S2. The summed E-state index contributed by atoms with van der Waals surface area (Å²) in [6, 6.07) is 9.23. The number of hydrogen-bond acceptors (Lipinski definition) is 4. The summed E-state index contributed by atoms with van der Waals surface area (Å²) in [6.07, 6.45) is -3.23. The van der Waals surface area contributed by atoms with Crippen molar-refractivity contribution in [3.05, 3.63) is 52.2 Å². The number of nitrogens with one attached hydrogen (secondary N) is 1. The zero-order chi connectivity index (χ0) is 20.1. The third kappa shape index (κ3) is 3.56. The summed E-state index contributed by atoms with van der Waals surface area (Å²) in [6.45, 7) is 0.437. The summed E-state index contributed by atoms with van der Waals surface area (Å²) in [5, 5.41) is 0. The Kier molecular flexibility index (Phi) is 4.75. The van der Waals surface area contributed by atoms with Crippen molar-refractivity contribution in [2.45, 2.75) is 36.0 Å². The second kappa shape index (κ2) is 6.85. The molecule has 1 saturated heterocycles. The van der Waals surface area contributed by atoms with E-state index in [0.717, 1.165) is 6.07 Å². The second-order valence-electron chi connectivity index (χ2n) is 7.06. The van der Waals surface area contributed by atoms with Gasteiger partial charge in [-0.05, 0) is 43.0 Å². The fourth-order valence-corrected chi connectivity index (χ4v) is 6.13. The van der Waals surface area contributed by atoms with Gasteiger partial charge in [0.25, 0.3) is 5.91 Å². The predicted octanol–water partition coefficient (Wildman–Crippen LogP) is 3.35. The summed E-state index contributed by atoms with van der Waals surface area (Å²) in [7, 11) is -3.73. The Morgan fingerprint density at radius 3 is 2.43 bits per heavy atom. The van der Waals surface area contributed by atoms with Crippen LogP contribution in [0.1, 0.15) is 27.4 Å². The number of hydrogen-bond donors (Lipinski definition) is 1. The maximum absolute atomic E-state index is 12.8. The van der Waals surface area contributed by atoms with Crippen molar-refractivity contribution in [3.63, 3.8) is 0 Å². The summed E-state index contributed by atoms with van der Waals surface area (Å²) in [5.74, 6) is -0.337. The normalized spacial score (nSPS) is 24.7. The second-order valence-corrected chi connectivity index (χ2v) is 9.86. The molecule has 2 fully saturated rings. The van der Waals surface area contributed by atoms with E-state index < -0.39 is 33.0 Å². The Balaban J connectivity index is 1.51. The molecule has 1 aliphatic heterocycles. The number of carbonyl (C=O) groups is 1. The molecule has 1 aromatic heterocycles. The largest absolute Gasteiger partial charge is 0.425 e. The summed E-state index contributed by atoms with van der Waals surface area (Å²) >= 11 is 0.419. The standard InChI is InChI=1S/C18H17F3N2O3S2/c19-18(20,21)16-7-6-15(27-16)17(24)23-10-11-8-13(14(23)9-11)22-28(25,26)12-4-2-1-3-5-12/h1-7,11,13-14,22H,8-10H2/t11-,13+,14-/m1/s1. The van der Waals surface area contributed by atoms with Gasteiger partial charge in [0, 0.05) is 18.6 Å². The van der Waals surface area contributed by atoms with Crippen LogP contribution in [-0.2, 0) is 16.2 Å². The van der Waals surface area contributed by atoms with E-state index in [2.05, 4.69) is 4.72 Å². The molecule has 1 aromatic carbocycles. The number of likely N-dealkylation sites (tertiary alicyclic amines) is 1. The molecule has 10 heteroatoms. The third-order valence-corrected chi connectivity index (χ3v) is 7.82. The first-order valence-electron chi connectivity index (χ1n) is 8.70. The molecule has 4 rings (SSSR count). The highest BCUT2D eigenvalue weighted by molar-refractivity contribution is 7.89. The van der Waals surface area contributed by atoms with Crippen LogP contribution < -0.4 is 4.72 Å². The highest BCUT2D eigenvalue weighted by Gasteiger charge is 2.48. The van der Waals surface area contributed by atoms with Gasteiger partial charge in [-0.15, -0.1) is 11.3 Å². The van der Waals surface area contributed by atoms with Crippen LogP contribution in [0.2, 0.25) is 0 Å². The van der Waals surface area contributed by atoms with Gasteiger partial charge in [0.05, 0.1) is 9.77 Å². The molecule has 1 amide bonds. The quantitative estimate of drug-likeness (QED) is 0.809. The Morgan fingerprint density at radius 2 is 1.82 bits per heavy atom. The molecule has 150 valence electrons. The number of piperidine rings is 1. The highest BCUT2D eigenvalue weighted by atomic mass is 32.2. The van der Waals surface area contributed by atoms with Gasteiger partial charge >= 0.3 is 6.18 Å². The van der Waals surface area contributed by atoms with E-state index >= 15 is 0 Å². The molecule has 3 atom stereocenters. The molecule has 1 aliphatic carbocycles. The van der Waals surface area contributed by atoms with Gasteiger partial charge in [0.15, 0.2) is 0 Å². The fraction of sp³-hybridized carbons (Fsp3) is 0.389. The van der Waals surface area contributed by atoms with Crippen molar-refractivity contribution in [2.24, 2.45) is 5.92 Å². The SMILES string of the molecule is O=C(c1ccc(C(F)(F)F)s1)N1C[C@@H]2C[C@H](NS(=O)(=O)c3ccccc3)[C@H]1C2. The number of thiophene rings is 1. The Labute approximate surface area is 164 Å². The molecule has 5 nitrogen and oxygen atoms in total. The molecule has 0 radical (unpaired) electrons. The lowest BCUT2D eigenvalue weighted by Gasteiger charge is -2.33. The van der Waals surface area contributed by atoms with Gasteiger partial charge in [0.1, 0.15) is 4.88 Å². The number of alkyl halides is 3. The summed E-state index contributed by atoms with van der Waals surface area (Å²) in [5.41, 5.74) is 0. The molecule has 2 bridgehead atoms. The highest BCUT2D eigenvalue weighted by Crippen LogP contribution is 2.41. The Morgan fingerprint density at radius 1 is 1.11 bits per heavy atom. The maximum atomic E-state index is 12.8. The van der Waals surface area contributed by atoms with Gasteiger partial charge in [-0.2, -0.15) is 13.2 Å². The summed E-state index contributed by atoms with van der Waals surface area (Å²) in [4.78, 5) is 13.6. The Hall–Kier alpha value is -1.91. The minimum absolute atomic E-state index is 0.0181. The topological polar surface area (TPSA) is 66.5 Å². The van der Waals surface area contributed by atoms with Crippen LogP contribution in [0.3, 0.4) is 0 Å². The molecule has 1 saturated carbocycles. The molecule has 2 aliphatic rings. The van der Waals surface area contributed by atoms with Gasteiger partial charge in [-0.25, -0.2) is 13.1 Å². The van der Waals surface area contributed by atoms with Crippen LogP contribution in [0, 0.1) is 5.92 Å². The Bertz CT molecular complexity index is 989. The number of nitrogens with zero attached hydrogens (tertiary/aromatic N) is 1. The van der Waals surface area contributed by atoms with Crippen LogP contribution in [-0.4, -0.2) is 37.9 Å². The molecule has 28 heavy (non-hydrogen) atoms. The van der Waals surface area contributed by atoms with Crippen LogP contribution in [0.5, 0.6) is 0 Å². The first-order chi connectivity index (χ1) is 13.1. The molecule has 0 spiro atoms. The number of fused-ring (bicyclic) bond motifs is 2. The van der Waals surface area contributed by atoms with E-state index in [9.17, 15) is 26.4 Å². The van der Waals surface area contributed by atoms with E-state index in [-0.39, 0.29) is 21.7 Å². The maximum Gasteiger partial charge on any atom is 0.425 e. The van der Waals surface area contributed by atoms with Crippen molar-refractivity contribution >= 4 is 27.3 Å². The van der Waals surface area contributed by atoms with Crippen molar-refractivity contribution in [1.29, 1.82) is 0 Å². The lowest BCUT2D eigenvalue weighted by atomic mass is 10.1. The van der Waals surface area contributed by atoms with E-state index in [1.54, 1.807) is 18.2 Å². The molecule has 0 unspecified atom stereocenters. The predicted molar refractivity (Wildman–Crippen MR) is 97.4 cm³/mol. The van der Waals surface area contributed by atoms with Gasteiger partial charge < -0.3 is 4.90 Å². The number of halogens is 3. The molecular weight excluding hydrogens is 413 g/mol. The number of carbonyl (C=O) groups excluding carboxylic acids is 1. The van der Waals surface area contributed by atoms with Gasteiger partial charge in [-0.3, -0.25) is 4.79 Å². The monoisotopic (exact) mass is 430 g/mol. The number of rotatable bonds is 4.